The standard InChI is InChI=1S/C7H10N2O.H2/c1-10-7-3-2-6(4-8)5-9-7;/h2-3,5H,4,8H2,1H3;1H. The Kier molecular flexibility index (Phi) is 2.23. The molecule has 0 aliphatic carbocycles. The van der Waals surface area contributed by atoms with E-state index in [0.29, 0.717) is 12.4 Å². The number of rotatable bonds is 2. The Labute approximate surface area is 61.3 Å². The number of hydrogen-bond acceptors (Lipinski definition) is 3. The van der Waals surface area contributed by atoms with Crippen molar-refractivity contribution in [3.8, 4) is 5.88 Å². The maximum absolute atomic E-state index is 5.36. The smallest absolute Gasteiger partial charge is 0.212 e. The van der Waals surface area contributed by atoms with Crippen molar-refractivity contribution in [2.75, 3.05) is 7.11 Å². The van der Waals surface area contributed by atoms with E-state index >= 15 is 0 Å². The number of hydrogen-bond donors (Lipinski definition) is 1. The minimum atomic E-state index is 0. The van der Waals surface area contributed by atoms with Gasteiger partial charge in [0, 0.05) is 20.2 Å². The maximum Gasteiger partial charge on any atom is 0.212 e. The molecule has 3 heteroatoms. The molecule has 0 saturated heterocycles. The third-order valence-electron chi connectivity index (χ3n) is 1.24. The van der Waals surface area contributed by atoms with E-state index in [0.717, 1.165) is 5.56 Å². The van der Waals surface area contributed by atoms with Crippen molar-refractivity contribution in [2.45, 2.75) is 6.54 Å². The molecule has 0 spiro atoms. The summed E-state index contributed by atoms with van der Waals surface area (Å²) in [5.41, 5.74) is 6.38. The van der Waals surface area contributed by atoms with E-state index in [1.165, 1.54) is 0 Å². The molecule has 1 aromatic rings. The largest absolute Gasteiger partial charge is 0.481 e. The highest BCUT2D eigenvalue weighted by atomic mass is 16.5. The Balaban J connectivity index is 0.000001000. The molecule has 0 radical (unpaired) electrons. The Morgan fingerprint density at radius 2 is 2.50 bits per heavy atom. The second-order valence-corrected chi connectivity index (χ2v) is 1.91. The summed E-state index contributed by atoms with van der Waals surface area (Å²) in [6.45, 7) is 0.525. The lowest BCUT2D eigenvalue weighted by Crippen LogP contribution is -1.97. The van der Waals surface area contributed by atoms with Crippen LogP contribution in [0.2, 0.25) is 0 Å². The van der Waals surface area contributed by atoms with Gasteiger partial charge in [0.15, 0.2) is 0 Å². The van der Waals surface area contributed by atoms with E-state index in [1.54, 1.807) is 19.4 Å². The summed E-state index contributed by atoms with van der Waals surface area (Å²) in [6, 6.07) is 3.69. The zero-order chi connectivity index (χ0) is 7.40. The molecule has 0 bridgehead atoms. The van der Waals surface area contributed by atoms with Crippen molar-refractivity contribution in [3.63, 3.8) is 0 Å². The van der Waals surface area contributed by atoms with Crippen molar-refractivity contribution in [3.05, 3.63) is 23.9 Å². The van der Waals surface area contributed by atoms with Gasteiger partial charge < -0.3 is 10.5 Å². The summed E-state index contributed by atoms with van der Waals surface area (Å²) in [5.74, 6) is 0.622. The fourth-order valence-electron chi connectivity index (χ4n) is 0.652. The lowest BCUT2D eigenvalue weighted by atomic mass is 10.3. The van der Waals surface area contributed by atoms with Gasteiger partial charge in [0.05, 0.1) is 7.11 Å². The van der Waals surface area contributed by atoms with Gasteiger partial charge in [0.1, 0.15) is 0 Å². The molecule has 1 aromatic heterocycles. The maximum atomic E-state index is 5.36. The Morgan fingerprint density at radius 3 is 2.90 bits per heavy atom. The summed E-state index contributed by atoms with van der Waals surface area (Å²) in [6.07, 6.45) is 1.71. The monoisotopic (exact) mass is 140 g/mol. The van der Waals surface area contributed by atoms with Crippen LogP contribution in [0.25, 0.3) is 0 Å². The molecule has 0 aromatic carbocycles. The quantitative estimate of drug-likeness (QED) is 0.660. The average Bonchev–Trinajstić information content (AvgIpc) is 2.05. The van der Waals surface area contributed by atoms with Crippen LogP contribution in [0, 0.1) is 0 Å². The molecule has 0 aliphatic rings. The Bertz CT molecular complexity index is 177. The predicted molar refractivity (Wildman–Crippen MR) is 40.8 cm³/mol. The number of aromatic nitrogens is 1. The second-order valence-electron chi connectivity index (χ2n) is 1.91. The van der Waals surface area contributed by atoms with Gasteiger partial charge in [-0.25, -0.2) is 4.98 Å². The number of ether oxygens (including phenoxy) is 1. The SMILES string of the molecule is COc1ccc(CN)cn1.[HH]. The Hall–Kier alpha value is -1.09. The first-order valence-electron chi connectivity index (χ1n) is 3.06. The highest BCUT2D eigenvalue weighted by Crippen LogP contribution is 2.04. The van der Waals surface area contributed by atoms with Crippen molar-refractivity contribution in [1.82, 2.24) is 4.98 Å². The van der Waals surface area contributed by atoms with E-state index in [-0.39, 0.29) is 1.43 Å². The molecular weight excluding hydrogens is 128 g/mol. The fraction of sp³-hybridized carbons (Fsp3) is 0.286. The molecule has 0 saturated carbocycles. The molecular formula is C7H12N2O. The summed E-state index contributed by atoms with van der Waals surface area (Å²) in [4.78, 5) is 3.97. The molecule has 10 heavy (non-hydrogen) atoms. The van der Waals surface area contributed by atoms with Crippen LogP contribution in [-0.2, 0) is 6.54 Å². The highest BCUT2D eigenvalue weighted by molar-refractivity contribution is 5.17. The molecule has 0 aliphatic heterocycles. The molecule has 1 rings (SSSR count). The van der Waals surface area contributed by atoms with Crippen LogP contribution in [0.15, 0.2) is 18.3 Å². The third kappa shape index (κ3) is 1.45. The van der Waals surface area contributed by atoms with Crippen molar-refractivity contribution >= 4 is 0 Å². The van der Waals surface area contributed by atoms with Crippen LogP contribution in [-0.4, -0.2) is 12.1 Å². The molecule has 0 unspecified atom stereocenters. The first kappa shape index (κ1) is 7.02. The third-order valence-corrected chi connectivity index (χ3v) is 1.24. The number of nitrogens with two attached hydrogens (primary N) is 1. The van der Waals surface area contributed by atoms with Crippen LogP contribution in [0.5, 0.6) is 5.88 Å². The van der Waals surface area contributed by atoms with E-state index in [9.17, 15) is 0 Å². The highest BCUT2D eigenvalue weighted by Gasteiger charge is 1.90. The second kappa shape index (κ2) is 3.17. The minimum Gasteiger partial charge on any atom is -0.481 e. The molecule has 0 fully saturated rings. The number of nitrogens with zero attached hydrogens (tertiary/aromatic N) is 1. The summed E-state index contributed by atoms with van der Waals surface area (Å²) in [5, 5.41) is 0. The van der Waals surface area contributed by atoms with Gasteiger partial charge in [-0.15, -0.1) is 0 Å². The predicted octanol–water partition coefficient (Wildman–Crippen LogP) is 0.795. The fourth-order valence-corrected chi connectivity index (χ4v) is 0.652. The summed E-state index contributed by atoms with van der Waals surface area (Å²) >= 11 is 0. The molecule has 56 valence electrons. The number of pyridine rings is 1. The molecule has 2 N–H and O–H groups in total. The van der Waals surface area contributed by atoms with E-state index < -0.39 is 0 Å². The van der Waals surface area contributed by atoms with Crippen LogP contribution in [0.1, 0.15) is 6.99 Å². The van der Waals surface area contributed by atoms with E-state index in [1.807, 2.05) is 6.07 Å². The van der Waals surface area contributed by atoms with Crippen molar-refractivity contribution in [2.24, 2.45) is 5.73 Å². The van der Waals surface area contributed by atoms with Crippen LogP contribution in [0.3, 0.4) is 0 Å². The Morgan fingerprint density at radius 1 is 1.70 bits per heavy atom. The van der Waals surface area contributed by atoms with Crippen LogP contribution >= 0.6 is 0 Å². The van der Waals surface area contributed by atoms with Gasteiger partial charge in [0.25, 0.3) is 0 Å². The van der Waals surface area contributed by atoms with Gasteiger partial charge >= 0.3 is 0 Å². The summed E-state index contributed by atoms with van der Waals surface area (Å²) in [7, 11) is 1.59. The molecule has 0 atom stereocenters. The van der Waals surface area contributed by atoms with Crippen LogP contribution in [0.4, 0.5) is 0 Å². The molecule has 1 heterocycles. The molecule has 0 amide bonds. The summed E-state index contributed by atoms with van der Waals surface area (Å²) < 4.78 is 4.86. The molecule has 3 nitrogen and oxygen atoms in total. The van der Waals surface area contributed by atoms with Gasteiger partial charge in [-0.1, -0.05) is 6.07 Å². The zero-order valence-corrected chi connectivity index (χ0v) is 5.87. The minimum absolute atomic E-state index is 0. The van der Waals surface area contributed by atoms with E-state index in [2.05, 4.69) is 4.98 Å². The average molecular weight is 140 g/mol. The van der Waals surface area contributed by atoms with Crippen molar-refractivity contribution in [1.29, 1.82) is 0 Å². The zero-order valence-electron chi connectivity index (χ0n) is 5.87. The van der Waals surface area contributed by atoms with Gasteiger partial charge in [-0.3, -0.25) is 0 Å². The normalized spacial score (nSPS) is 9.40. The van der Waals surface area contributed by atoms with Gasteiger partial charge in [-0.05, 0) is 5.56 Å². The van der Waals surface area contributed by atoms with Gasteiger partial charge in [-0.2, -0.15) is 0 Å². The first-order valence-corrected chi connectivity index (χ1v) is 3.06. The van der Waals surface area contributed by atoms with Crippen LogP contribution < -0.4 is 10.5 Å². The van der Waals surface area contributed by atoms with Crippen molar-refractivity contribution < 1.29 is 6.16 Å². The van der Waals surface area contributed by atoms with E-state index in [4.69, 9.17) is 10.5 Å². The lowest BCUT2D eigenvalue weighted by molar-refractivity contribution is 0.397. The topological polar surface area (TPSA) is 48.1 Å². The number of methoxy groups -OCH3 is 1. The lowest BCUT2D eigenvalue weighted by Gasteiger charge is -1.98. The first-order chi connectivity index (χ1) is 4.86. The van der Waals surface area contributed by atoms with Gasteiger partial charge in [0.2, 0.25) is 5.88 Å².